The number of pyridine rings is 1. The lowest BCUT2D eigenvalue weighted by atomic mass is 9.75. The van der Waals surface area contributed by atoms with E-state index in [-0.39, 0.29) is 36.4 Å². The van der Waals surface area contributed by atoms with Gasteiger partial charge >= 0.3 is 0 Å². The van der Waals surface area contributed by atoms with E-state index in [4.69, 9.17) is 11.6 Å². The molecule has 1 unspecified atom stereocenters. The molecule has 3 rings (SSSR count). The molecule has 1 atom stereocenters. The van der Waals surface area contributed by atoms with E-state index in [0.29, 0.717) is 0 Å². The number of aliphatic hydroxyl groups is 1. The van der Waals surface area contributed by atoms with E-state index in [1.807, 2.05) is 32.0 Å². The number of hydrogen-bond donors (Lipinski definition) is 2. The highest BCUT2D eigenvalue weighted by molar-refractivity contribution is 6.33. The van der Waals surface area contributed by atoms with E-state index >= 15 is 0 Å². The first-order valence-electron chi connectivity index (χ1n) is 9.16. The molecular formula is C21H24ClFN2O2. The summed E-state index contributed by atoms with van der Waals surface area (Å²) in [5.74, 6) is -0.456. The molecule has 0 radical (unpaired) electrons. The van der Waals surface area contributed by atoms with Crippen molar-refractivity contribution in [2.45, 2.75) is 57.3 Å². The fraction of sp³-hybridized carbons (Fsp3) is 0.429. The second-order valence-electron chi connectivity index (χ2n) is 7.31. The number of hydrogen-bond acceptors (Lipinski definition) is 3. The van der Waals surface area contributed by atoms with Crippen LogP contribution in [0.15, 0.2) is 36.5 Å². The quantitative estimate of drug-likeness (QED) is 0.809. The van der Waals surface area contributed by atoms with Gasteiger partial charge in [0.1, 0.15) is 11.9 Å². The number of carbonyl (C=O) groups is 1. The van der Waals surface area contributed by atoms with Gasteiger partial charge in [0.05, 0.1) is 16.7 Å². The Morgan fingerprint density at radius 3 is 2.67 bits per heavy atom. The number of nitrogens with zero attached hydrogens (tertiary/aromatic N) is 1. The normalized spacial score (nSPS) is 23.7. The van der Waals surface area contributed by atoms with Crippen LogP contribution in [0, 0.1) is 13.8 Å². The third-order valence-corrected chi connectivity index (χ3v) is 5.83. The summed E-state index contributed by atoms with van der Waals surface area (Å²) in [6.07, 6.45) is 1.70. The van der Waals surface area contributed by atoms with Crippen LogP contribution in [0.3, 0.4) is 0 Å². The highest BCUT2D eigenvalue weighted by Gasteiger charge is 2.43. The number of halogens is 2. The minimum atomic E-state index is -1.22. The predicted octanol–water partition coefficient (Wildman–Crippen LogP) is 4.47. The van der Waals surface area contributed by atoms with Crippen LogP contribution in [0.25, 0.3) is 0 Å². The first-order chi connectivity index (χ1) is 12.8. The Kier molecular flexibility index (Phi) is 5.82. The van der Waals surface area contributed by atoms with Crippen LogP contribution in [-0.2, 0) is 0 Å². The molecule has 1 saturated carbocycles. The zero-order valence-electron chi connectivity index (χ0n) is 15.5. The van der Waals surface area contributed by atoms with Gasteiger partial charge in [-0.05, 0) is 68.4 Å². The fourth-order valence-corrected chi connectivity index (χ4v) is 3.92. The lowest BCUT2D eigenvalue weighted by molar-refractivity contribution is -0.0447. The van der Waals surface area contributed by atoms with Crippen molar-refractivity contribution in [2.24, 2.45) is 0 Å². The van der Waals surface area contributed by atoms with Crippen molar-refractivity contribution in [1.29, 1.82) is 0 Å². The van der Waals surface area contributed by atoms with Crippen LogP contribution in [0.4, 0.5) is 4.39 Å². The molecule has 0 aliphatic heterocycles. The van der Waals surface area contributed by atoms with Gasteiger partial charge in [-0.25, -0.2) is 9.37 Å². The Bertz CT molecular complexity index is 835. The molecule has 6 heteroatoms. The molecule has 4 nitrogen and oxygen atoms in total. The molecule has 1 aliphatic carbocycles. The van der Waals surface area contributed by atoms with E-state index in [1.54, 1.807) is 12.1 Å². The van der Waals surface area contributed by atoms with Gasteiger partial charge in [0.2, 0.25) is 0 Å². The average Bonchev–Trinajstić information content (AvgIpc) is 2.65. The van der Waals surface area contributed by atoms with Crippen LogP contribution >= 0.6 is 11.6 Å². The van der Waals surface area contributed by atoms with Crippen LogP contribution in [0.2, 0.25) is 5.02 Å². The summed E-state index contributed by atoms with van der Waals surface area (Å²) in [5, 5.41) is 14.5. The van der Waals surface area contributed by atoms with Gasteiger partial charge in [-0.1, -0.05) is 29.8 Å². The first-order valence-corrected chi connectivity index (χ1v) is 9.53. The molecule has 0 bridgehead atoms. The van der Waals surface area contributed by atoms with Gasteiger partial charge in [0.25, 0.3) is 5.91 Å². The van der Waals surface area contributed by atoms with Crippen molar-refractivity contribution in [3.8, 4) is 0 Å². The second-order valence-corrected chi connectivity index (χ2v) is 7.71. The van der Waals surface area contributed by atoms with Gasteiger partial charge in [-0.2, -0.15) is 0 Å². The Balaban J connectivity index is 1.99. The van der Waals surface area contributed by atoms with E-state index < -0.39 is 23.7 Å². The summed E-state index contributed by atoms with van der Waals surface area (Å²) >= 11 is 6.11. The third-order valence-electron chi connectivity index (χ3n) is 5.52. The Morgan fingerprint density at radius 1 is 1.30 bits per heavy atom. The largest absolute Gasteiger partial charge is 0.387 e. The van der Waals surface area contributed by atoms with Gasteiger partial charge in [0, 0.05) is 6.20 Å². The number of nitrogens with one attached hydrogen (secondary N) is 1. The summed E-state index contributed by atoms with van der Waals surface area (Å²) in [4.78, 5) is 16.9. The number of aromatic nitrogens is 1. The Labute approximate surface area is 163 Å². The topological polar surface area (TPSA) is 62.2 Å². The van der Waals surface area contributed by atoms with Crippen LogP contribution in [0.1, 0.15) is 58.9 Å². The lowest BCUT2D eigenvalue weighted by Crippen LogP contribution is -2.49. The Morgan fingerprint density at radius 2 is 2.00 bits per heavy atom. The van der Waals surface area contributed by atoms with Crippen molar-refractivity contribution in [3.63, 3.8) is 0 Å². The zero-order valence-corrected chi connectivity index (χ0v) is 16.3. The van der Waals surface area contributed by atoms with Crippen LogP contribution < -0.4 is 5.32 Å². The summed E-state index contributed by atoms with van der Waals surface area (Å²) in [7, 11) is 0. The van der Waals surface area contributed by atoms with E-state index in [1.165, 1.54) is 6.20 Å². The molecule has 0 spiro atoms. The number of amides is 1. The van der Waals surface area contributed by atoms with Crippen molar-refractivity contribution in [3.05, 3.63) is 63.9 Å². The summed E-state index contributed by atoms with van der Waals surface area (Å²) < 4.78 is 13.7. The van der Waals surface area contributed by atoms with Crippen molar-refractivity contribution < 1.29 is 14.3 Å². The third kappa shape index (κ3) is 4.14. The maximum absolute atomic E-state index is 13.7. The molecule has 144 valence electrons. The minimum absolute atomic E-state index is 0.109. The summed E-state index contributed by atoms with van der Waals surface area (Å²) in [6.45, 7) is 3.94. The molecule has 1 aromatic heterocycles. The standard InChI is InChI=1S/C21H24ClFN2O2/c1-13-5-3-6-16(14(13)2)19(21(27)10-8-15(23)9-11-21)25-20(26)18-17(22)7-4-12-24-18/h3-7,12,15,19,27H,8-11H2,1-2H3,(H,25,26)/t15-,19?,21+. The van der Waals surface area contributed by atoms with Crippen molar-refractivity contribution >= 4 is 17.5 Å². The SMILES string of the molecule is Cc1cccc(C(NC(=O)c2ncccc2Cl)[C@]2(O)CC[C@@H](F)CC2)c1C. The van der Waals surface area contributed by atoms with E-state index in [0.717, 1.165) is 16.7 Å². The Hall–Kier alpha value is -1.98. The highest BCUT2D eigenvalue weighted by Crippen LogP contribution is 2.41. The molecule has 27 heavy (non-hydrogen) atoms. The molecule has 2 N–H and O–H groups in total. The number of alkyl halides is 1. The molecule has 1 fully saturated rings. The number of carbonyl (C=O) groups excluding carboxylic acids is 1. The zero-order chi connectivity index (χ0) is 19.6. The second kappa shape index (κ2) is 7.95. The molecule has 1 heterocycles. The number of benzene rings is 1. The number of aryl methyl sites for hydroxylation is 1. The fourth-order valence-electron chi connectivity index (χ4n) is 3.71. The number of rotatable bonds is 4. The van der Waals surface area contributed by atoms with Gasteiger partial charge in [-0.15, -0.1) is 0 Å². The minimum Gasteiger partial charge on any atom is -0.387 e. The summed E-state index contributed by atoms with van der Waals surface area (Å²) in [6, 6.07) is 8.35. The predicted molar refractivity (Wildman–Crippen MR) is 104 cm³/mol. The molecule has 2 aromatic rings. The molecular weight excluding hydrogens is 367 g/mol. The monoisotopic (exact) mass is 390 g/mol. The highest BCUT2D eigenvalue weighted by atomic mass is 35.5. The first kappa shape index (κ1) is 19.8. The molecule has 1 aromatic carbocycles. The van der Waals surface area contributed by atoms with Crippen molar-refractivity contribution in [2.75, 3.05) is 0 Å². The van der Waals surface area contributed by atoms with Gasteiger partial charge < -0.3 is 10.4 Å². The van der Waals surface area contributed by atoms with E-state index in [2.05, 4.69) is 10.3 Å². The van der Waals surface area contributed by atoms with E-state index in [9.17, 15) is 14.3 Å². The van der Waals surface area contributed by atoms with Gasteiger partial charge in [-0.3, -0.25) is 4.79 Å². The van der Waals surface area contributed by atoms with Crippen LogP contribution in [0.5, 0.6) is 0 Å². The van der Waals surface area contributed by atoms with Crippen molar-refractivity contribution in [1.82, 2.24) is 10.3 Å². The lowest BCUT2D eigenvalue weighted by Gasteiger charge is -2.41. The molecule has 1 aliphatic rings. The smallest absolute Gasteiger partial charge is 0.272 e. The summed E-state index contributed by atoms with van der Waals surface area (Å²) in [5.41, 5.74) is 1.77. The maximum Gasteiger partial charge on any atom is 0.272 e. The molecule has 0 saturated heterocycles. The average molecular weight is 391 g/mol. The van der Waals surface area contributed by atoms with Gasteiger partial charge in [0.15, 0.2) is 0 Å². The maximum atomic E-state index is 13.7. The molecule has 1 amide bonds. The van der Waals surface area contributed by atoms with Crippen LogP contribution in [-0.4, -0.2) is 27.8 Å².